The van der Waals surface area contributed by atoms with Crippen LogP contribution in [0.2, 0.25) is 5.02 Å². The number of para-hydroxylation sites is 1. The van der Waals surface area contributed by atoms with Gasteiger partial charge in [0.2, 0.25) is 0 Å². The lowest BCUT2D eigenvalue weighted by Gasteiger charge is -2.22. The standard InChI is InChI=1S/C26H32ClN3O2/c1-20(31)23-19-30(26-22(23)9-5-11-25(26)32-2)15-7-13-28-12-6-14-29(17-16-28)18-21-8-3-4-10-24(21)27/h3-5,8-11,19H,6-7,12-18H2,1-2H3. The van der Waals surface area contributed by atoms with Crippen LogP contribution in [0.4, 0.5) is 0 Å². The molecule has 2 aromatic carbocycles. The number of halogens is 1. The van der Waals surface area contributed by atoms with Gasteiger partial charge in [-0.2, -0.15) is 0 Å². The van der Waals surface area contributed by atoms with E-state index < -0.39 is 0 Å². The third kappa shape index (κ3) is 5.17. The van der Waals surface area contributed by atoms with Crippen LogP contribution in [-0.2, 0) is 13.1 Å². The summed E-state index contributed by atoms with van der Waals surface area (Å²) < 4.78 is 7.77. The Morgan fingerprint density at radius 1 is 1.00 bits per heavy atom. The van der Waals surface area contributed by atoms with Gasteiger partial charge in [0.15, 0.2) is 5.78 Å². The Morgan fingerprint density at radius 3 is 2.56 bits per heavy atom. The topological polar surface area (TPSA) is 37.7 Å². The number of carbonyl (C=O) groups is 1. The van der Waals surface area contributed by atoms with Crippen LogP contribution >= 0.6 is 11.6 Å². The fraction of sp³-hybridized carbons (Fsp3) is 0.423. The first-order valence-corrected chi connectivity index (χ1v) is 11.8. The summed E-state index contributed by atoms with van der Waals surface area (Å²) in [5, 5.41) is 1.83. The number of rotatable bonds is 8. The Balaban J connectivity index is 1.35. The molecule has 4 rings (SSSR count). The number of carbonyl (C=O) groups excluding carboxylic acids is 1. The highest BCUT2D eigenvalue weighted by Gasteiger charge is 2.18. The molecule has 2 heterocycles. The molecule has 5 nitrogen and oxygen atoms in total. The van der Waals surface area contributed by atoms with Gasteiger partial charge in [0.1, 0.15) is 5.75 Å². The van der Waals surface area contributed by atoms with Gasteiger partial charge in [0.25, 0.3) is 0 Å². The van der Waals surface area contributed by atoms with Crippen LogP contribution in [-0.4, -0.2) is 60.0 Å². The van der Waals surface area contributed by atoms with Crippen molar-refractivity contribution in [3.05, 3.63) is 64.8 Å². The summed E-state index contributed by atoms with van der Waals surface area (Å²) in [6.45, 7) is 8.80. The molecule has 3 aromatic rings. The zero-order chi connectivity index (χ0) is 22.5. The first kappa shape index (κ1) is 22.8. The summed E-state index contributed by atoms with van der Waals surface area (Å²) in [5.41, 5.74) is 2.99. The van der Waals surface area contributed by atoms with Crippen molar-refractivity contribution < 1.29 is 9.53 Å². The molecule has 0 aliphatic carbocycles. The molecule has 0 spiro atoms. The molecule has 1 saturated heterocycles. The number of methoxy groups -OCH3 is 1. The monoisotopic (exact) mass is 453 g/mol. The molecular weight excluding hydrogens is 422 g/mol. The van der Waals surface area contributed by atoms with Crippen molar-refractivity contribution in [1.29, 1.82) is 0 Å². The van der Waals surface area contributed by atoms with E-state index >= 15 is 0 Å². The minimum Gasteiger partial charge on any atom is -0.495 e. The van der Waals surface area contributed by atoms with Crippen molar-refractivity contribution in [2.24, 2.45) is 0 Å². The maximum Gasteiger partial charge on any atom is 0.161 e. The van der Waals surface area contributed by atoms with Crippen LogP contribution in [0.3, 0.4) is 0 Å². The van der Waals surface area contributed by atoms with Gasteiger partial charge in [-0.3, -0.25) is 9.69 Å². The first-order chi connectivity index (χ1) is 15.6. The number of benzene rings is 2. The SMILES string of the molecule is COc1cccc2c(C(C)=O)cn(CCCN3CCCN(Cc4ccccc4Cl)CC3)c12. The van der Waals surface area contributed by atoms with Crippen molar-refractivity contribution in [2.75, 3.05) is 39.8 Å². The summed E-state index contributed by atoms with van der Waals surface area (Å²) in [7, 11) is 1.69. The van der Waals surface area contributed by atoms with Gasteiger partial charge < -0.3 is 14.2 Å². The minimum absolute atomic E-state index is 0.0909. The molecule has 1 aromatic heterocycles. The number of nitrogens with zero attached hydrogens (tertiary/aromatic N) is 3. The number of ether oxygens (including phenoxy) is 1. The van der Waals surface area contributed by atoms with E-state index in [2.05, 4.69) is 26.5 Å². The van der Waals surface area contributed by atoms with E-state index in [9.17, 15) is 4.79 Å². The van der Waals surface area contributed by atoms with E-state index in [0.717, 1.165) is 79.5 Å². The van der Waals surface area contributed by atoms with Gasteiger partial charge in [-0.15, -0.1) is 0 Å². The molecule has 0 radical (unpaired) electrons. The van der Waals surface area contributed by atoms with Crippen LogP contribution in [0.15, 0.2) is 48.7 Å². The molecule has 0 atom stereocenters. The Bertz CT molecular complexity index is 1080. The maximum absolute atomic E-state index is 12.1. The molecule has 32 heavy (non-hydrogen) atoms. The minimum atomic E-state index is 0.0909. The largest absolute Gasteiger partial charge is 0.495 e. The Morgan fingerprint density at radius 2 is 1.78 bits per heavy atom. The lowest BCUT2D eigenvalue weighted by molar-refractivity contribution is 0.101. The van der Waals surface area contributed by atoms with Crippen molar-refractivity contribution in [3.8, 4) is 5.75 Å². The van der Waals surface area contributed by atoms with Gasteiger partial charge in [-0.1, -0.05) is 41.9 Å². The fourth-order valence-corrected chi connectivity index (χ4v) is 4.88. The van der Waals surface area contributed by atoms with Gasteiger partial charge in [0.05, 0.1) is 12.6 Å². The lowest BCUT2D eigenvalue weighted by Crippen LogP contribution is -2.31. The van der Waals surface area contributed by atoms with E-state index in [4.69, 9.17) is 16.3 Å². The third-order valence-electron chi connectivity index (χ3n) is 6.37. The molecule has 170 valence electrons. The van der Waals surface area contributed by atoms with Gasteiger partial charge in [0, 0.05) is 48.3 Å². The summed E-state index contributed by atoms with van der Waals surface area (Å²) >= 11 is 6.35. The third-order valence-corrected chi connectivity index (χ3v) is 6.74. The molecule has 0 saturated carbocycles. The smallest absolute Gasteiger partial charge is 0.161 e. The van der Waals surface area contributed by atoms with Crippen LogP contribution in [0.5, 0.6) is 5.75 Å². The number of hydrogen-bond acceptors (Lipinski definition) is 4. The van der Waals surface area contributed by atoms with Gasteiger partial charge in [-0.05, 0) is 57.1 Å². The predicted octanol–water partition coefficient (Wildman–Crippen LogP) is 5.10. The second-order valence-electron chi connectivity index (χ2n) is 8.57. The number of ketones is 1. The van der Waals surface area contributed by atoms with E-state index in [1.54, 1.807) is 14.0 Å². The predicted molar refractivity (Wildman–Crippen MR) is 131 cm³/mol. The van der Waals surface area contributed by atoms with Crippen LogP contribution < -0.4 is 4.74 Å². The molecule has 1 fully saturated rings. The first-order valence-electron chi connectivity index (χ1n) is 11.4. The normalized spacial score (nSPS) is 15.7. The molecule has 0 amide bonds. The number of fused-ring (bicyclic) bond motifs is 1. The molecule has 0 N–H and O–H groups in total. The molecule has 0 bridgehead atoms. The van der Waals surface area contributed by atoms with Crippen molar-refractivity contribution in [3.63, 3.8) is 0 Å². The van der Waals surface area contributed by atoms with Gasteiger partial charge in [-0.25, -0.2) is 0 Å². The quantitative estimate of drug-likeness (QED) is 0.444. The highest BCUT2D eigenvalue weighted by atomic mass is 35.5. The summed E-state index contributed by atoms with van der Waals surface area (Å²) in [6.07, 6.45) is 4.19. The summed E-state index contributed by atoms with van der Waals surface area (Å²) in [5.74, 6) is 0.910. The highest BCUT2D eigenvalue weighted by molar-refractivity contribution is 6.31. The Kier molecular flexibility index (Phi) is 7.51. The number of Topliss-reactive ketones (excluding diaryl/α,β-unsaturated/α-hetero) is 1. The Labute approximate surface area is 195 Å². The zero-order valence-electron chi connectivity index (χ0n) is 19.0. The summed E-state index contributed by atoms with van der Waals surface area (Å²) in [6, 6.07) is 14.1. The van der Waals surface area contributed by atoms with Crippen LogP contribution in [0.25, 0.3) is 10.9 Å². The molecule has 6 heteroatoms. The molecular formula is C26H32ClN3O2. The van der Waals surface area contributed by atoms with Crippen molar-refractivity contribution >= 4 is 28.3 Å². The van der Waals surface area contributed by atoms with E-state index in [1.165, 1.54) is 12.0 Å². The van der Waals surface area contributed by atoms with E-state index in [-0.39, 0.29) is 5.78 Å². The second-order valence-corrected chi connectivity index (χ2v) is 8.97. The average Bonchev–Trinajstić information content (AvgIpc) is 3.02. The van der Waals surface area contributed by atoms with Crippen molar-refractivity contribution in [1.82, 2.24) is 14.4 Å². The highest BCUT2D eigenvalue weighted by Crippen LogP contribution is 2.30. The zero-order valence-corrected chi connectivity index (χ0v) is 19.8. The van der Waals surface area contributed by atoms with Crippen LogP contribution in [0.1, 0.15) is 35.7 Å². The summed E-state index contributed by atoms with van der Waals surface area (Å²) in [4.78, 5) is 17.2. The maximum atomic E-state index is 12.1. The molecule has 1 aliphatic rings. The van der Waals surface area contributed by atoms with E-state index in [0.29, 0.717) is 0 Å². The van der Waals surface area contributed by atoms with E-state index in [1.807, 2.05) is 36.5 Å². The van der Waals surface area contributed by atoms with Crippen molar-refractivity contribution in [2.45, 2.75) is 32.9 Å². The van der Waals surface area contributed by atoms with Gasteiger partial charge >= 0.3 is 0 Å². The number of aryl methyl sites for hydroxylation is 1. The van der Waals surface area contributed by atoms with Crippen LogP contribution in [0, 0.1) is 0 Å². The average molecular weight is 454 g/mol. The molecule has 1 aliphatic heterocycles. The molecule has 0 unspecified atom stereocenters. The fourth-order valence-electron chi connectivity index (χ4n) is 4.69. The number of hydrogen-bond donors (Lipinski definition) is 0. The second kappa shape index (κ2) is 10.5. The Hall–Kier alpha value is -2.34. The number of aromatic nitrogens is 1. The lowest BCUT2D eigenvalue weighted by atomic mass is 10.1.